The Balaban J connectivity index is 0.00000280. The molecule has 10 heteroatoms. The summed E-state index contributed by atoms with van der Waals surface area (Å²) in [7, 11) is -2.01. The number of piperidine rings is 1. The van der Waals surface area contributed by atoms with Crippen LogP contribution in [-0.2, 0) is 14.8 Å². The second kappa shape index (κ2) is 10.2. The predicted octanol–water partition coefficient (Wildman–Crippen LogP) is 1.82. The van der Waals surface area contributed by atoms with Gasteiger partial charge < -0.3 is 15.2 Å². The lowest BCUT2D eigenvalue weighted by molar-refractivity contribution is 0.0209. The van der Waals surface area contributed by atoms with Gasteiger partial charge >= 0.3 is 0 Å². The predicted molar refractivity (Wildman–Crippen MR) is 109 cm³/mol. The minimum Gasteiger partial charge on any atom is -0.494 e. The van der Waals surface area contributed by atoms with Crippen LogP contribution >= 0.6 is 12.4 Å². The van der Waals surface area contributed by atoms with Crippen molar-refractivity contribution in [3.05, 3.63) is 36.7 Å². The molecule has 8 nitrogen and oxygen atoms in total. The number of para-hydroxylation sites is 2. The van der Waals surface area contributed by atoms with Crippen LogP contribution < -0.4 is 10.5 Å². The summed E-state index contributed by atoms with van der Waals surface area (Å²) < 4.78 is 40.0. The fourth-order valence-corrected chi connectivity index (χ4v) is 4.51. The number of nitrogens with two attached hydrogens (primary N) is 1. The van der Waals surface area contributed by atoms with Crippen molar-refractivity contribution in [2.45, 2.75) is 30.3 Å². The van der Waals surface area contributed by atoms with Crippen LogP contribution in [0.4, 0.5) is 0 Å². The molecule has 1 saturated heterocycles. The highest BCUT2D eigenvalue weighted by molar-refractivity contribution is 7.89. The third kappa shape index (κ3) is 5.03. The van der Waals surface area contributed by atoms with Gasteiger partial charge in [0.05, 0.1) is 25.6 Å². The maximum Gasteiger partial charge on any atom is 0.246 e. The number of methoxy groups -OCH3 is 1. The van der Waals surface area contributed by atoms with Crippen LogP contribution in [0.15, 0.2) is 41.6 Å². The molecule has 28 heavy (non-hydrogen) atoms. The van der Waals surface area contributed by atoms with Crippen molar-refractivity contribution in [3.8, 4) is 11.4 Å². The van der Waals surface area contributed by atoms with Gasteiger partial charge in [0.1, 0.15) is 16.3 Å². The molecule has 0 bridgehead atoms. The zero-order valence-corrected chi connectivity index (χ0v) is 17.5. The Labute approximate surface area is 172 Å². The van der Waals surface area contributed by atoms with Crippen molar-refractivity contribution in [1.29, 1.82) is 0 Å². The average Bonchev–Trinajstić information content (AvgIpc) is 3.19. The number of halogens is 1. The molecule has 1 aliphatic rings. The lowest BCUT2D eigenvalue weighted by Gasteiger charge is -2.30. The minimum absolute atomic E-state index is 0. The van der Waals surface area contributed by atoms with Gasteiger partial charge in [-0.1, -0.05) is 12.1 Å². The molecule has 1 aliphatic heterocycles. The number of sulfonamides is 1. The fourth-order valence-electron chi connectivity index (χ4n) is 3.11. The van der Waals surface area contributed by atoms with E-state index in [1.54, 1.807) is 13.2 Å². The van der Waals surface area contributed by atoms with Crippen LogP contribution in [0.3, 0.4) is 0 Å². The van der Waals surface area contributed by atoms with Crippen LogP contribution in [-0.4, -0.2) is 62.0 Å². The molecule has 156 valence electrons. The summed E-state index contributed by atoms with van der Waals surface area (Å²) in [6.07, 6.45) is 5.19. The first-order chi connectivity index (χ1) is 13.1. The molecule has 3 rings (SSSR count). The van der Waals surface area contributed by atoms with E-state index in [4.69, 9.17) is 15.2 Å². The molecule has 2 heterocycles. The van der Waals surface area contributed by atoms with E-state index in [-0.39, 0.29) is 23.4 Å². The van der Waals surface area contributed by atoms with Gasteiger partial charge in [0.15, 0.2) is 0 Å². The second-order valence-corrected chi connectivity index (χ2v) is 8.35. The molecule has 1 fully saturated rings. The third-order valence-corrected chi connectivity index (χ3v) is 6.48. The SMILES string of the molecule is COc1ccccc1-n1cc(S(=O)(=O)N2CCC(OCCCN)CC2)cn1.Cl. The summed E-state index contributed by atoms with van der Waals surface area (Å²) in [5, 5.41) is 4.22. The molecular formula is C18H27ClN4O4S. The van der Waals surface area contributed by atoms with E-state index in [2.05, 4.69) is 5.10 Å². The highest BCUT2D eigenvalue weighted by Gasteiger charge is 2.30. The Morgan fingerprint density at radius 3 is 2.64 bits per heavy atom. The van der Waals surface area contributed by atoms with Crippen LogP contribution in [0.25, 0.3) is 5.69 Å². The van der Waals surface area contributed by atoms with Crippen molar-refractivity contribution in [2.24, 2.45) is 5.73 Å². The molecule has 2 aromatic rings. The number of hydrogen-bond donors (Lipinski definition) is 1. The van der Waals surface area contributed by atoms with E-state index in [1.807, 2.05) is 18.2 Å². The summed E-state index contributed by atoms with van der Waals surface area (Å²) in [5.41, 5.74) is 6.15. The van der Waals surface area contributed by atoms with Crippen LogP contribution in [0.2, 0.25) is 0 Å². The molecule has 0 saturated carbocycles. The van der Waals surface area contributed by atoms with Crippen molar-refractivity contribution >= 4 is 22.4 Å². The van der Waals surface area contributed by atoms with Gasteiger partial charge in [0, 0.05) is 19.7 Å². The van der Waals surface area contributed by atoms with Crippen molar-refractivity contribution < 1.29 is 17.9 Å². The van der Waals surface area contributed by atoms with E-state index >= 15 is 0 Å². The maximum absolute atomic E-state index is 12.9. The summed E-state index contributed by atoms with van der Waals surface area (Å²) in [6, 6.07) is 7.33. The smallest absolute Gasteiger partial charge is 0.246 e. The quantitative estimate of drug-likeness (QED) is 0.641. The van der Waals surface area contributed by atoms with Crippen molar-refractivity contribution in [3.63, 3.8) is 0 Å². The Morgan fingerprint density at radius 1 is 1.25 bits per heavy atom. The highest BCUT2D eigenvalue weighted by atomic mass is 35.5. The Kier molecular flexibility index (Phi) is 8.26. The number of hydrogen-bond acceptors (Lipinski definition) is 6. The summed E-state index contributed by atoms with van der Waals surface area (Å²) in [4.78, 5) is 0.177. The van der Waals surface area contributed by atoms with E-state index in [9.17, 15) is 8.42 Å². The molecule has 0 aliphatic carbocycles. The number of benzene rings is 1. The number of rotatable bonds is 8. The molecule has 1 aromatic carbocycles. The highest BCUT2D eigenvalue weighted by Crippen LogP contribution is 2.25. The van der Waals surface area contributed by atoms with E-state index in [0.717, 1.165) is 6.42 Å². The average molecular weight is 431 g/mol. The molecule has 0 atom stereocenters. The molecular weight excluding hydrogens is 404 g/mol. The molecule has 0 unspecified atom stereocenters. The first kappa shape index (κ1) is 22.6. The zero-order valence-electron chi connectivity index (χ0n) is 15.9. The Hall–Kier alpha value is -1.65. The third-order valence-electron chi connectivity index (χ3n) is 4.63. The van der Waals surface area contributed by atoms with Gasteiger partial charge in [-0.25, -0.2) is 13.1 Å². The first-order valence-electron chi connectivity index (χ1n) is 9.06. The summed E-state index contributed by atoms with van der Waals surface area (Å²) in [6.45, 7) is 2.11. The van der Waals surface area contributed by atoms with Crippen LogP contribution in [0.5, 0.6) is 5.75 Å². The van der Waals surface area contributed by atoms with Crippen LogP contribution in [0, 0.1) is 0 Å². The molecule has 0 spiro atoms. The Bertz CT molecular complexity index is 851. The number of aromatic nitrogens is 2. The number of nitrogens with zero attached hydrogens (tertiary/aromatic N) is 3. The summed E-state index contributed by atoms with van der Waals surface area (Å²) in [5.74, 6) is 0.625. The van der Waals surface area contributed by atoms with Crippen molar-refractivity contribution in [1.82, 2.24) is 14.1 Å². The van der Waals surface area contributed by atoms with E-state index in [0.29, 0.717) is 50.5 Å². The largest absolute Gasteiger partial charge is 0.494 e. The van der Waals surface area contributed by atoms with Gasteiger partial charge in [0.25, 0.3) is 0 Å². The van der Waals surface area contributed by atoms with Gasteiger partial charge in [-0.3, -0.25) is 0 Å². The monoisotopic (exact) mass is 430 g/mol. The summed E-state index contributed by atoms with van der Waals surface area (Å²) >= 11 is 0. The topological polar surface area (TPSA) is 99.7 Å². The van der Waals surface area contributed by atoms with Gasteiger partial charge in [-0.05, 0) is 37.9 Å². The normalized spacial score (nSPS) is 15.9. The molecule has 1 aromatic heterocycles. The molecule has 0 radical (unpaired) electrons. The maximum atomic E-state index is 12.9. The van der Waals surface area contributed by atoms with Crippen molar-refractivity contribution in [2.75, 3.05) is 33.4 Å². The zero-order chi connectivity index (χ0) is 19.3. The van der Waals surface area contributed by atoms with Gasteiger partial charge in [0.2, 0.25) is 10.0 Å². The lowest BCUT2D eigenvalue weighted by Crippen LogP contribution is -2.40. The van der Waals surface area contributed by atoms with Gasteiger partial charge in [-0.2, -0.15) is 9.40 Å². The lowest BCUT2D eigenvalue weighted by atomic mass is 10.1. The minimum atomic E-state index is -3.58. The molecule has 0 amide bonds. The van der Waals surface area contributed by atoms with Gasteiger partial charge in [-0.15, -0.1) is 12.4 Å². The molecule has 2 N–H and O–H groups in total. The number of ether oxygens (including phenoxy) is 2. The Morgan fingerprint density at radius 2 is 1.96 bits per heavy atom. The van der Waals surface area contributed by atoms with E-state index in [1.165, 1.54) is 21.4 Å². The first-order valence-corrected chi connectivity index (χ1v) is 10.5. The fraction of sp³-hybridized carbons (Fsp3) is 0.500. The van der Waals surface area contributed by atoms with E-state index < -0.39 is 10.0 Å². The van der Waals surface area contributed by atoms with Crippen LogP contribution in [0.1, 0.15) is 19.3 Å². The standard InChI is InChI=1S/C18H26N4O4S.ClH/c1-25-18-6-3-2-5-17(18)22-14-16(13-20-22)27(23,24)21-10-7-15(8-11-21)26-12-4-9-19;/h2-3,5-6,13-15H,4,7-12,19H2,1H3;1H. The second-order valence-electron chi connectivity index (χ2n) is 6.41.